The predicted octanol–water partition coefficient (Wildman–Crippen LogP) is 0.758. The van der Waals surface area contributed by atoms with E-state index >= 15 is 0 Å². The van der Waals surface area contributed by atoms with E-state index in [1.165, 1.54) is 6.42 Å². The zero-order chi connectivity index (χ0) is 15.8. The van der Waals surface area contributed by atoms with Crippen molar-refractivity contribution in [3.8, 4) is 0 Å². The van der Waals surface area contributed by atoms with Gasteiger partial charge < -0.3 is 11.1 Å². The van der Waals surface area contributed by atoms with Crippen molar-refractivity contribution in [3.63, 3.8) is 0 Å². The molecule has 6 nitrogen and oxygen atoms in total. The van der Waals surface area contributed by atoms with Crippen molar-refractivity contribution in [2.24, 2.45) is 17.6 Å². The Labute approximate surface area is 139 Å². The SMILES string of the molecule is CC(C)(NS(C)(=O)=O)C(=O)NC1C2CCCC1CC(N)C2.Cl. The van der Waals surface area contributed by atoms with Gasteiger partial charge in [-0.05, 0) is 51.4 Å². The van der Waals surface area contributed by atoms with Crippen molar-refractivity contribution < 1.29 is 13.2 Å². The van der Waals surface area contributed by atoms with Gasteiger partial charge in [-0.1, -0.05) is 6.42 Å². The number of halogens is 1. The minimum atomic E-state index is -3.43. The van der Waals surface area contributed by atoms with Crippen molar-refractivity contribution in [2.75, 3.05) is 6.26 Å². The Bertz CT molecular complexity index is 495. The lowest BCUT2D eigenvalue weighted by Crippen LogP contribution is -2.61. The topological polar surface area (TPSA) is 101 Å². The van der Waals surface area contributed by atoms with Crippen LogP contribution >= 0.6 is 12.4 Å². The Morgan fingerprint density at radius 1 is 1.18 bits per heavy atom. The summed E-state index contributed by atoms with van der Waals surface area (Å²) in [6.07, 6.45) is 6.34. The number of hydrogen-bond donors (Lipinski definition) is 3. The summed E-state index contributed by atoms with van der Waals surface area (Å²) < 4.78 is 25.1. The maximum Gasteiger partial charge on any atom is 0.240 e. The molecule has 2 rings (SSSR count). The molecule has 0 saturated heterocycles. The number of amides is 1. The molecule has 0 aromatic rings. The second-order valence-electron chi connectivity index (χ2n) is 7.18. The van der Waals surface area contributed by atoms with Crippen molar-refractivity contribution in [1.82, 2.24) is 10.0 Å². The first-order valence-electron chi connectivity index (χ1n) is 7.64. The molecule has 2 bridgehead atoms. The van der Waals surface area contributed by atoms with E-state index in [2.05, 4.69) is 10.0 Å². The van der Waals surface area contributed by atoms with E-state index in [0.717, 1.165) is 31.9 Å². The van der Waals surface area contributed by atoms with Gasteiger partial charge in [0.15, 0.2) is 0 Å². The summed E-state index contributed by atoms with van der Waals surface area (Å²) >= 11 is 0. The van der Waals surface area contributed by atoms with Gasteiger partial charge in [-0.2, -0.15) is 0 Å². The second-order valence-corrected chi connectivity index (χ2v) is 8.93. The molecule has 0 aromatic carbocycles. The minimum Gasteiger partial charge on any atom is -0.351 e. The lowest BCUT2D eigenvalue weighted by Gasteiger charge is -2.46. The summed E-state index contributed by atoms with van der Waals surface area (Å²) in [5.74, 6) is 0.585. The van der Waals surface area contributed by atoms with Crippen LogP contribution in [-0.2, 0) is 14.8 Å². The monoisotopic (exact) mass is 353 g/mol. The number of fused-ring (bicyclic) bond motifs is 2. The van der Waals surface area contributed by atoms with E-state index in [1.54, 1.807) is 13.8 Å². The average Bonchev–Trinajstić information content (AvgIpc) is 2.26. The Kier molecular flexibility index (Phi) is 6.29. The highest BCUT2D eigenvalue weighted by atomic mass is 35.5. The number of nitrogens with two attached hydrogens (primary N) is 1. The smallest absolute Gasteiger partial charge is 0.240 e. The molecule has 0 radical (unpaired) electrons. The number of carbonyl (C=O) groups is 1. The van der Waals surface area contributed by atoms with Crippen LogP contribution in [0.3, 0.4) is 0 Å². The fourth-order valence-corrected chi connectivity index (χ4v) is 4.89. The van der Waals surface area contributed by atoms with Gasteiger partial charge in [0.05, 0.1) is 6.26 Å². The van der Waals surface area contributed by atoms with Crippen molar-refractivity contribution in [1.29, 1.82) is 0 Å². The van der Waals surface area contributed by atoms with Crippen LogP contribution in [0.2, 0.25) is 0 Å². The molecule has 0 aromatic heterocycles. The standard InChI is InChI=1S/C14H27N3O3S.ClH/c1-14(2,17-21(3,19)20)13(18)16-12-9-5-4-6-10(12)8-11(15)7-9;/h9-12,17H,4-8,15H2,1-3H3,(H,16,18);1H. The van der Waals surface area contributed by atoms with Gasteiger partial charge in [0.25, 0.3) is 0 Å². The van der Waals surface area contributed by atoms with Crippen molar-refractivity contribution in [2.45, 2.75) is 63.6 Å². The first-order valence-corrected chi connectivity index (χ1v) is 9.53. The fourth-order valence-electron chi connectivity index (χ4n) is 3.87. The molecule has 2 aliphatic rings. The van der Waals surface area contributed by atoms with E-state index in [9.17, 15) is 13.2 Å². The summed E-state index contributed by atoms with van der Waals surface area (Å²) in [4.78, 5) is 12.5. The van der Waals surface area contributed by atoms with Gasteiger partial charge in [-0.15, -0.1) is 12.4 Å². The highest BCUT2D eigenvalue weighted by Gasteiger charge is 2.42. The van der Waals surface area contributed by atoms with Crippen LogP contribution in [-0.4, -0.2) is 38.2 Å². The first-order chi connectivity index (χ1) is 9.58. The van der Waals surface area contributed by atoms with Crippen LogP contribution in [0.4, 0.5) is 0 Å². The van der Waals surface area contributed by atoms with Crippen molar-refractivity contribution in [3.05, 3.63) is 0 Å². The number of rotatable bonds is 4. The highest BCUT2D eigenvalue weighted by Crippen LogP contribution is 2.39. The highest BCUT2D eigenvalue weighted by molar-refractivity contribution is 7.88. The molecule has 1 amide bonds. The zero-order valence-corrected chi connectivity index (χ0v) is 15.1. The summed E-state index contributed by atoms with van der Waals surface area (Å²) in [7, 11) is -3.43. The molecule has 0 heterocycles. The Morgan fingerprint density at radius 3 is 2.14 bits per heavy atom. The maximum absolute atomic E-state index is 12.5. The normalized spacial score (nSPS) is 32.0. The van der Waals surface area contributed by atoms with Gasteiger partial charge in [-0.3, -0.25) is 4.79 Å². The second kappa shape index (κ2) is 7.03. The van der Waals surface area contributed by atoms with Crippen LogP contribution in [0.5, 0.6) is 0 Å². The van der Waals surface area contributed by atoms with Crippen molar-refractivity contribution >= 4 is 28.3 Å². The van der Waals surface area contributed by atoms with Gasteiger partial charge in [-0.25, -0.2) is 13.1 Å². The fraction of sp³-hybridized carbons (Fsp3) is 0.929. The number of sulfonamides is 1. The summed E-state index contributed by atoms with van der Waals surface area (Å²) in [6, 6.07) is 0.363. The summed E-state index contributed by atoms with van der Waals surface area (Å²) in [6.45, 7) is 3.18. The van der Waals surface area contributed by atoms with E-state index in [1.807, 2.05) is 0 Å². The Balaban J connectivity index is 0.00000242. The minimum absolute atomic E-state index is 0. The first kappa shape index (κ1) is 19.7. The number of hydrogen-bond acceptors (Lipinski definition) is 4. The molecule has 0 aliphatic heterocycles. The molecular formula is C14H28ClN3O3S. The molecule has 0 spiro atoms. The molecule has 2 aliphatic carbocycles. The lowest BCUT2D eigenvalue weighted by atomic mass is 9.67. The van der Waals surface area contributed by atoms with Gasteiger partial charge in [0, 0.05) is 12.1 Å². The largest absolute Gasteiger partial charge is 0.351 e. The van der Waals surface area contributed by atoms with E-state index < -0.39 is 15.6 Å². The maximum atomic E-state index is 12.5. The molecule has 2 atom stereocenters. The molecule has 2 saturated carbocycles. The predicted molar refractivity (Wildman–Crippen MR) is 89.3 cm³/mol. The lowest BCUT2D eigenvalue weighted by molar-refractivity contribution is -0.128. The molecule has 22 heavy (non-hydrogen) atoms. The van der Waals surface area contributed by atoms with E-state index in [4.69, 9.17) is 5.73 Å². The Hall–Kier alpha value is -0.370. The third-order valence-corrected chi connectivity index (χ3v) is 5.56. The molecule has 2 unspecified atom stereocenters. The van der Waals surface area contributed by atoms with Gasteiger partial charge in [0.1, 0.15) is 5.54 Å². The van der Waals surface area contributed by atoms with Crippen LogP contribution in [0.15, 0.2) is 0 Å². The molecule has 8 heteroatoms. The summed E-state index contributed by atoms with van der Waals surface area (Å²) in [5, 5.41) is 3.08. The number of carbonyl (C=O) groups excluding carboxylic acids is 1. The average molecular weight is 354 g/mol. The van der Waals surface area contributed by atoms with E-state index in [0.29, 0.717) is 11.8 Å². The molecule has 4 N–H and O–H groups in total. The third-order valence-electron chi connectivity index (χ3n) is 4.68. The number of nitrogens with one attached hydrogen (secondary N) is 2. The summed E-state index contributed by atoms with van der Waals surface area (Å²) in [5.41, 5.74) is 4.95. The van der Waals surface area contributed by atoms with Crippen LogP contribution in [0.25, 0.3) is 0 Å². The van der Waals surface area contributed by atoms with Crippen LogP contribution in [0.1, 0.15) is 46.0 Å². The van der Waals surface area contributed by atoms with E-state index in [-0.39, 0.29) is 30.4 Å². The third kappa shape index (κ3) is 4.81. The van der Waals surface area contributed by atoms with Crippen LogP contribution in [0, 0.1) is 11.8 Å². The molecule has 2 fully saturated rings. The quantitative estimate of drug-likeness (QED) is 0.694. The zero-order valence-electron chi connectivity index (χ0n) is 13.5. The van der Waals surface area contributed by atoms with Crippen LogP contribution < -0.4 is 15.8 Å². The molecule has 130 valence electrons. The van der Waals surface area contributed by atoms with Gasteiger partial charge in [0.2, 0.25) is 15.9 Å². The van der Waals surface area contributed by atoms with Gasteiger partial charge >= 0.3 is 0 Å². The Morgan fingerprint density at radius 2 is 1.68 bits per heavy atom. The molecular weight excluding hydrogens is 326 g/mol.